The minimum atomic E-state index is -0.868. The van der Waals surface area contributed by atoms with Crippen molar-refractivity contribution in [3.63, 3.8) is 0 Å². The second-order valence-corrected chi connectivity index (χ2v) is 1.82. The van der Waals surface area contributed by atoms with Gasteiger partial charge in [-0.05, 0) is 12.1 Å². The van der Waals surface area contributed by atoms with Crippen LogP contribution in [0.5, 0.6) is 0 Å². The van der Waals surface area contributed by atoms with Gasteiger partial charge in [-0.25, -0.2) is 8.78 Å². The Labute approximate surface area is 58.9 Å². The van der Waals surface area contributed by atoms with E-state index in [4.69, 9.17) is 7.10 Å². The molecule has 0 aliphatic rings. The molecule has 0 heterocycles. The lowest BCUT2D eigenvalue weighted by molar-refractivity contribution is 0.557. The van der Waals surface area contributed by atoms with Crippen LogP contribution in [0.3, 0.4) is 0 Å². The standard InChI is InChI=1S/C7H7F2N/c8-6-2-1-3-7(9)5(6)4-10/h1-3H,4,10H2/i2D. The van der Waals surface area contributed by atoms with Crippen LogP contribution in [0.2, 0.25) is 0 Å². The van der Waals surface area contributed by atoms with Gasteiger partial charge < -0.3 is 5.73 Å². The SMILES string of the molecule is [2H]c1ccc(F)c(CN)c1F. The fraction of sp³-hybridized carbons (Fsp3) is 0.143. The van der Waals surface area contributed by atoms with E-state index in [-0.39, 0.29) is 18.2 Å². The monoisotopic (exact) mass is 144 g/mol. The van der Waals surface area contributed by atoms with Crippen molar-refractivity contribution in [2.24, 2.45) is 5.73 Å². The second-order valence-electron chi connectivity index (χ2n) is 1.82. The molecule has 0 spiro atoms. The molecule has 0 aliphatic carbocycles. The topological polar surface area (TPSA) is 26.0 Å². The molecule has 1 rings (SSSR count). The van der Waals surface area contributed by atoms with Crippen molar-refractivity contribution in [3.05, 3.63) is 35.4 Å². The molecule has 0 bridgehead atoms. The van der Waals surface area contributed by atoms with E-state index in [1.807, 2.05) is 0 Å². The zero-order chi connectivity index (χ0) is 8.43. The van der Waals surface area contributed by atoms with Gasteiger partial charge in [0.25, 0.3) is 0 Å². The highest BCUT2D eigenvalue weighted by Crippen LogP contribution is 2.09. The third-order valence-electron chi connectivity index (χ3n) is 1.20. The smallest absolute Gasteiger partial charge is 0.130 e. The summed E-state index contributed by atoms with van der Waals surface area (Å²) in [5.41, 5.74) is 4.83. The predicted molar refractivity (Wildman–Crippen MR) is 34.2 cm³/mol. The van der Waals surface area contributed by atoms with Gasteiger partial charge in [0.05, 0.1) is 1.37 Å². The van der Waals surface area contributed by atoms with Gasteiger partial charge in [-0.3, -0.25) is 0 Å². The van der Waals surface area contributed by atoms with Crippen LogP contribution in [0.25, 0.3) is 0 Å². The molecule has 2 N–H and O–H groups in total. The van der Waals surface area contributed by atoms with Crippen molar-refractivity contribution >= 4 is 0 Å². The molecule has 3 heteroatoms. The number of benzene rings is 1. The molecule has 0 atom stereocenters. The van der Waals surface area contributed by atoms with E-state index in [1.54, 1.807) is 0 Å². The Hall–Kier alpha value is -0.960. The first kappa shape index (κ1) is 5.80. The Balaban J connectivity index is 3.29. The quantitative estimate of drug-likeness (QED) is 0.633. The first-order valence-electron chi connectivity index (χ1n) is 3.30. The molecular weight excluding hydrogens is 136 g/mol. The second kappa shape index (κ2) is 2.75. The molecule has 0 fully saturated rings. The van der Waals surface area contributed by atoms with Crippen LogP contribution in [0, 0.1) is 11.6 Å². The van der Waals surface area contributed by atoms with E-state index in [1.165, 1.54) is 0 Å². The van der Waals surface area contributed by atoms with E-state index >= 15 is 0 Å². The fourth-order valence-electron chi connectivity index (χ4n) is 0.668. The van der Waals surface area contributed by atoms with Gasteiger partial charge in [-0.2, -0.15) is 0 Å². The third-order valence-corrected chi connectivity index (χ3v) is 1.20. The molecule has 54 valence electrons. The highest BCUT2D eigenvalue weighted by molar-refractivity contribution is 5.18. The van der Waals surface area contributed by atoms with E-state index in [0.717, 1.165) is 12.1 Å². The van der Waals surface area contributed by atoms with Gasteiger partial charge in [0.2, 0.25) is 0 Å². The van der Waals surface area contributed by atoms with Crippen LogP contribution in [0.1, 0.15) is 6.93 Å². The molecule has 0 aliphatic heterocycles. The van der Waals surface area contributed by atoms with Gasteiger partial charge in [0.15, 0.2) is 0 Å². The summed E-state index contributed by atoms with van der Waals surface area (Å²) in [5.74, 6) is -1.56. The highest BCUT2D eigenvalue weighted by atomic mass is 19.1. The van der Waals surface area contributed by atoms with E-state index < -0.39 is 11.6 Å². The Morgan fingerprint density at radius 3 is 2.70 bits per heavy atom. The van der Waals surface area contributed by atoms with Crippen molar-refractivity contribution in [2.45, 2.75) is 6.54 Å². The molecule has 0 amide bonds. The first-order chi connectivity index (χ1) is 5.16. The molecule has 1 aromatic carbocycles. The third kappa shape index (κ3) is 1.14. The Morgan fingerprint density at radius 2 is 2.20 bits per heavy atom. The number of nitrogens with two attached hydrogens (primary N) is 1. The minimum absolute atomic E-state index is 0.218. The van der Waals surface area contributed by atoms with Crippen molar-refractivity contribution in [1.82, 2.24) is 0 Å². The summed E-state index contributed by atoms with van der Waals surface area (Å²) in [6.07, 6.45) is 0. The lowest BCUT2D eigenvalue weighted by Gasteiger charge is -1.98. The normalized spacial score (nSPS) is 11.3. The Bertz CT molecular complexity index is 275. The number of halogens is 2. The summed E-state index contributed by atoms with van der Waals surface area (Å²) < 4.78 is 32.3. The molecule has 1 nitrogen and oxygen atoms in total. The van der Waals surface area contributed by atoms with Crippen molar-refractivity contribution in [3.8, 4) is 0 Å². The minimum Gasteiger partial charge on any atom is -0.326 e. The number of rotatable bonds is 1. The van der Waals surface area contributed by atoms with Crippen LogP contribution in [-0.4, -0.2) is 0 Å². The molecule has 0 aromatic heterocycles. The average Bonchev–Trinajstić information content (AvgIpc) is 1.99. The summed E-state index contributed by atoms with van der Waals surface area (Å²) in [4.78, 5) is 0. The van der Waals surface area contributed by atoms with Crippen molar-refractivity contribution in [1.29, 1.82) is 0 Å². The maximum atomic E-state index is 12.8. The Kier molecular flexibility index (Phi) is 1.59. The zero-order valence-electron chi connectivity index (χ0n) is 6.20. The summed E-state index contributed by atoms with van der Waals surface area (Å²) in [6.45, 7) is -0.218. The van der Waals surface area contributed by atoms with Gasteiger partial charge in [-0.15, -0.1) is 0 Å². The summed E-state index contributed by atoms with van der Waals surface area (Å²) in [7, 11) is 0. The average molecular weight is 144 g/mol. The first-order valence-corrected chi connectivity index (χ1v) is 2.80. The fourth-order valence-corrected chi connectivity index (χ4v) is 0.668. The molecule has 0 unspecified atom stereocenters. The maximum absolute atomic E-state index is 12.8. The molecule has 0 saturated carbocycles. The van der Waals surface area contributed by atoms with Crippen LogP contribution in [0.15, 0.2) is 18.2 Å². The molecule has 1 aromatic rings. The number of hydrogen-bond acceptors (Lipinski definition) is 1. The lowest BCUT2D eigenvalue weighted by atomic mass is 10.2. The van der Waals surface area contributed by atoms with Gasteiger partial charge in [-0.1, -0.05) is 6.07 Å². The van der Waals surface area contributed by atoms with E-state index in [2.05, 4.69) is 0 Å². The summed E-state index contributed by atoms with van der Waals surface area (Å²) in [5, 5.41) is 0. The molecular formula is C7H7F2N. The Morgan fingerprint density at radius 1 is 1.50 bits per heavy atom. The van der Waals surface area contributed by atoms with E-state index in [0.29, 0.717) is 0 Å². The van der Waals surface area contributed by atoms with Gasteiger partial charge >= 0.3 is 0 Å². The predicted octanol–water partition coefficient (Wildman–Crippen LogP) is 1.42. The summed E-state index contributed by atoms with van der Waals surface area (Å²) in [6, 6.07) is 1.77. The lowest BCUT2D eigenvalue weighted by Crippen LogP contribution is -2.02. The van der Waals surface area contributed by atoms with Gasteiger partial charge in [0.1, 0.15) is 11.6 Å². The highest BCUT2D eigenvalue weighted by Gasteiger charge is 2.03. The zero-order valence-corrected chi connectivity index (χ0v) is 5.20. The van der Waals surface area contributed by atoms with Crippen LogP contribution in [-0.2, 0) is 6.54 Å². The molecule has 0 radical (unpaired) electrons. The molecule has 10 heavy (non-hydrogen) atoms. The van der Waals surface area contributed by atoms with Crippen LogP contribution in [0.4, 0.5) is 8.78 Å². The van der Waals surface area contributed by atoms with Crippen LogP contribution >= 0.6 is 0 Å². The van der Waals surface area contributed by atoms with Crippen LogP contribution < -0.4 is 5.73 Å². The van der Waals surface area contributed by atoms with Crippen molar-refractivity contribution < 1.29 is 10.2 Å². The molecule has 0 saturated heterocycles. The summed E-state index contributed by atoms with van der Waals surface area (Å²) >= 11 is 0. The largest absolute Gasteiger partial charge is 0.326 e. The maximum Gasteiger partial charge on any atom is 0.130 e. The van der Waals surface area contributed by atoms with E-state index in [9.17, 15) is 8.78 Å². The number of hydrogen-bond donors (Lipinski definition) is 1. The van der Waals surface area contributed by atoms with Gasteiger partial charge in [0, 0.05) is 12.1 Å². The van der Waals surface area contributed by atoms with Crippen molar-refractivity contribution in [2.75, 3.05) is 0 Å².